The third-order valence-electron chi connectivity index (χ3n) is 5.05. The molecule has 2 aliphatic rings. The van der Waals surface area contributed by atoms with Crippen molar-refractivity contribution in [1.29, 1.82) is 0 Å². The molecule has 2 aromatic rings. The zero-order valence-electron chi connectivity index (χ0n) is 14.7. The molecule has 1 atom stereocenters. The second-order valence-corrected chi connectivity index (χ2v) is 7.78. The van der Waals surface area contributed by atoms with Crippen molar-refractivity contribution in [2.24, 2.45) is 0 Å². The van der Waals surface area contributed by atoms with Crippen LogP contribution in [0, 0.1) is 0 Å². The summed E-state index contributed by atoms with van der Waals surface area (Å²) < 4.78 is 12.3. The molecule has 1 aliphatic heterocycles. The van der Waals surface area contributed by atoms with Crippen LogP contribution in [0.25, 0.3) is 0 Å². The molecule has 1 heterocycles. The van der Waals surface area contributed by atoms with Crippen molar-refractivity contribution in [2.45, 2.75) is 31.2 Å². The second kappa shape index (κ2) is 7.59. The Labute approximate surface area is 166 Å². The molecular formula is C20H21BrN2O4. The molecule has 6 nitrogen and oxygen atoms in total. The van der Waals surface area contributed by atoms with Crippen molar-refractivity contribution < 1.29 is 19.4 Å². The van der Waals surface area contributed by atoms with E-state index in [9.17, 15) is 9.90 Å². The van der Waals surface area contributed by atoms with Gasteiger partial charge in [0.15, 0.2) is 0 Å². The number of halogens is 1. The van der Waals surface area contributed by atoms with Crippen molar-refractivity contribution >= 4 is 27.6 Å². The third kappa shape index (κ3) is 3.87. The van der Waals surface area contributed by atoms with Crippen LogP contribution >= 0.6 is 15.9 Å². The maximum absolute atomic E-state index is 11.6. The van der Waals surface area contributed by atoms with E-state index in [2.05, 4.69) is 50.8 Å². The van der Waals surface area contributed by atoms with E-state index >= 15 is 0 Å². The molecular weight excluding hydrogens is 412 g/mol. The van der Waals surface area contributed by atoms with E-state index in [1.165, 1.54) is 11.1 Å². The zero-order chi connectivity index (χ0) is 18.9. The number of carbonyl (C=O) groups is 1. The summed E-state index contributed by atoms with van der Waals surface area (Å²) >= 11 is 3.56. The summed E-state index contributed by atoms with van der Waals surface area (Å²) in [6, 6.07) is 14.1. The molecule has 0 radical (unpaired) electrons. The fraction of sp³-hybridized carbons (Fsp3) is 0.350. The van der Waals surface area contributed by atoms with Gasteiger partial charge >= 0.3 is 5.97 Å². The SMILES string of the molecule is O=C(O)C1(Nc2ccc(Br)c(COC3Cc4ccccc4C3)c2)COCN1. The molecule has 1 aliphatic carbocycles. The molecule has 2 aromatic carbocycles. The van der Waals surface area contributed by atoms with Crippen LogP contribution in [-0.2, 0) is 33.7 Å². The van der Waals surface area contributed by atoms with E-state index in [-0.39, 0.29) is 19.4 Å². The van der Waals surface area contributed by atoms with Crippen molar-refractivity contribution in [2.75, 3.05) is 18.7 Å². The summed E-state index contributed by atoms with van der Waals surface area (Å²) in [7, 11) is 0. The Morgan fingerprint density at radius 3 is 2.67 bits per heavy atom. The van der Waals surface area contributed by atoms with E-state index in [4.69, 9.17) is 9.47 Å². The summed E-state index contributed by atoms with van der Waals surface area (Å²) in [6.45, 7) is 0.720. The van der Waals surface area contributed by atoms with Gasteiger partial charge in [0, 0.05) is 10.2 Å². The Kier molecular flexibility index (Phi) is 5.19. The number of anilines is 1. The van der Waals surface area contributed by atoms with Crippen LogP contribution in [0.5, 0.6) is 0 Å². The number of carboxylic acids is 1. The molecule has 0 aromatic heterocycles. The van der Waals surface area contributed by atoms with Gasteiger partial charge in [0.1, 0.15) is 0 Å². The molecule has 1 fully saturated rings. The molecule has 27 heavy (non-hydrogen) atoms. The minimum absolute atomic E-state index is 0.0601. The van der Waals surface area contributed by atoms with Gasteiger partial charge in [0.05, 0.1) is 26.0 Å². The quantitative estimate of drug-likeness (QED) is 0.651. The number of aliphatic carboxylic acids is 1. The van der Waals surface area contributed by atoms with Gasteiger partial charge in [-0.05, 0) is 47.7 Å². The Hall–Kier alpha value is -1.93. The number of rotatable bonds is 6. The molecule has 1 unspecified atom stereocenters. The van der Waals surface area contributed by atoms with Crippen LogP contribution in [0.3, 0.4) is 0 Å². The Morgan fingerprint density at radius 1 is 1.30 bits per heavy atom. The van der Waals surface area contributed by atoms with Gasteiger partial charge in [-0.25, -0.2) is 4.79 Å². The van der Waals surface area contributed by atoms with Crippen molar-refractivity contribution in [3.63, 3.8) is 0 Å². The van der Waals surface area contributed by atoms with E-state index in [0.717, 1.165) is 22.9 Å². The highest BCUT2D eigenvalue weighted by molar-refractivity contribution is 9.10. The minimum Gasteiger partial charge on any atom is -0.478 e. The van der Waals surface area contributed by atoms with E-state index < -0.39 is 11.6 Å². The predicted molar refractivity (Wildman–Crippen MR) is 105 cm³/mol. The molecule has 0 bridgehead atoms. The summed E-state index contributed by atoms with van der Waals surface area (Å²) in [6.07, 6.45) is 2.02. The maximum Gasteiger partial charge on any atom is 0.347 e. The molecule has 142 valence electrons. The largest absolute Gasteiger partial charge is 0.478 e. The molecule has 0 spiro atoms. The van der Waals surface area contributed by atoms with Crippen LogP contribution in [0.15, 0.2) is 46.9 Å². The normalized spacial score (nSPS) is 22.0. The Bertz CT molecular complexity index is 827. The number of hydrogen-bond donors (Lipinski definition) is 3. The topological polar surface area (TPSA) is 79.8 Å². The summed E-state index contributed by atoms with van der Waals surface area (Å²) in [4.78, 5) is 11.6. The lowest BCUT2D eigenvalue weighted by Crippen LogP contribution is -2.56. The monoisotopic (exact) mass is 432 g/mol. The molecule has 7 heteroatoms. The first-order chi connectivity index (χ1) is 13.1. The van der Waals surface area contributed by atoms with E-state index in [1.807, 2.05) is 18.2 Å². The molecule has 1 saturated heterocycles. The van der Waals surface area contributed by atoms with Gasteiger partial charge in [-0.1, -0.05) is 40.2 Å². The van der Waals surface area contributed by atoms with Crippen LogP contribution in [0.4, 0.5) is 5.69 Å². The standard InChI is InChI=1S/C20H21BrN2O4/c21-18-6-5-16(23-20(19(24)25)11-26-12-22-20)7-15(18)10-27-17-8-13-3-1-2-4-14(13)9-17/h1-7,17,22-23H,8-12H2,(H,24,25). The van der Waals surface area contributed by atoms with Crippen molar-refractivity contribution in [3.8, 4) is 0 Å². The number of benzene rings is 2. The van der Waals surface area contributed by atoms with Crippen molar-refractivity contribution in [1.82, 2.24) is 5.32 Å². The van der Waals surface area contributed by atoms with Crippen molar-refractivity contribution in [3.05, 3.63) is 63.6 Å². The van der Waals surface area contributed by atoms with Gasteiger partial charge in [0.25, 0.3) is 0 Å². The average molecular weight is 433 g/mol. The number of fused-ring (bicyclic) bond motifs is 1. The number of carboxylic acid groups (broad SMARTS) is 1. The fourth-order valence-corrected chi connectivity index (χ4v) is 3.92. The summed E-state index contributed by atoms with van der Waals surface area (Å²) in [5.74, 6) is -0.996. The zero-order valence-corrected chi connectivity index (χ0v) is 16.3. The maximum atomic E-state index is 11.6. The van der Waals surface area contributed by atoms with E-state index in [0.29, 0.717) is 12.3 Å². The fourth-order valence-electron chi connectivity index (χ4n) is 3.55. The second-order valence-electron chi connectivity index (χ2n) is 6.92. The molecule has 0 saturated carbocycles. The van der Waals surface area contributed by atoms with Gasteiger partial charge in [0.2, 0.25) is 5.66 Å². The van der Waals surface area contributed by atoms with E-state index in [1.54, 1.807) is 0 Å². The lowest BCUT2D eigenvalue weighted by Gasteiger charge is -2.25. The van der Waals surface area contributed by atoms with Gasteiger partial charge in [-0.2, -0.15) is 0 Å². The van der Waals surface area contributed by atoms with Crippen LogP contribution in [0.2, 0.25) is 0 Å². The highest BCUT2D eigenvalue weighted by Gasteiger charge is 2.42. The minimum atomic E-state index is -1.31. The Morgan fingerprint density at radius 2 is 2.04 bits per heavy atom. The third-order valence-corrected chi connectivity index (χ3v) is 5.82. The van der Waals surface area contributed by atoms with Crippen LogP contribution in [-0.4, -0.2) is 36.2 Å². The molecule has 3 N–H and O–H groups in total. The van der Waals surface area contributed by atoms with Crippen LogP contribution < -0.4 is 10.6 Å². The average Bonchev–Trinajstić information content (AvgIpc) is 3.29. The highest BCUT2D eigenvalue weighted by atomic mass is 79.9. The lowest BCUT2D eigenvalue weighted by molar-refractivity contribution is -0.143. The van der Waals surface area contributed by atoms with Crippen LogP contribution in [0.1, 0.15) is 16.7 Å². The lowest BCUT2D eigenvalue weighted by atomic mass is 10.1. The van der Waals surface area contributed by atoms with Gasteiger partial charge in [-0.15, -0.1) is 0 Å². The number of hydrogen-bond acceptors (Lipinski definition) is 5. The van der Waals surface area contributed by atoms with Gasteiger partial charge in [-0.3, -0.25) is 5.32 Å². The Balaban J connectivity index is 1.43. The molecule has 4 rings (SSSR count). The highest BCUT2D eigenvalue weighted by Crippen LogP contribution is 2.28. The summed E-state index contributed by atoms with van der Waals surface area (Å²) in [5.41, 5.74) is 3.07. The first kappa shape index (κ1) is 18.4. The first-order valence-corrected chi connectivity index (χ1v) is 9.66. The number of nitrogens with one attached hydrogen (secondary N) is 2. The molecule has 0 amide bonds. The predicted octanol–water partition coefficient (Wildman–Crippen LogP) is 2.90. The number of ether oxygens (including phenoxy) is 2. The summed E-state index contributed by atoms with van der Waals surface area (Å²) in [5, 5.41) is 15.5. The first-order valence-electron chi connectivity index (χ1n) is 8.87. The van der Waals surface area contributed by atoms with Gasteiger partial charge < -0.3 is 19.9 Å². The smallest absolute Gasteiger partial charge is 0.347 e.